The Bertz CT molecular complexity index is 216. The summed E-state index contributed by atoms with van der Waals surface area (Å²) in [5, 5.41) is 0. The molecule has 1 nitrogen and oxygen atoms in total. The normalized spacial score (nSPS) is 13.3. The molecule has 0 aromatic carbocycles. The Morgan fingerprint density at radius 2 is 2.08 bits per heavy atom. The standard InChI is InChI=1S/C11H17N/c1-4-10(9(2)3)11-7-5-6-8-12-11/h5-10H,4H2,1-3H3. The minimum Gasteiger partial charge on any atom is -0.261 e. The van der Waals surface area contributed by atoms with E-state index in [-0.39, 0.29) is 0 Å². The van der Waals surface area contributed by atoms with Gasteiger partial charge in [-0.05, 0) is 24.5 Å². The Kier molecular flexibility index (Phi) is 3.27. The van der Waals surface area contributed by atoms with E-state index in [4.69, 9.17) is 0 Å². The molecule has 1 atom stereocenters. The van der Waals surface area contributed by atoms with Crippen molar-refractivity contribution in [2.45, 2.75) is 33.1 Å². The summed E-state index contributed by atoms with van der Waals surface area (Å²) < 4.78 is 0. The highest BCUT2D eigenvalue weighted by Gasteiger charge is 2.13. The van der Waals surface area contributed by atoms with Gasteiger partial charge in [0.25, 0.3) is 0 Å². The monoisotopic (exact) mass is 163 g/mol. The zero-order valence-electron chi connectivity index (χ0n) is 8.12. The van der Waals surface area contributed by atoms with Gasteiger partial charge in [0.05, 0.1) is 0 Å². The lowest BCUT2D eigenvalue weighted by Crippen LogP contribution is -2.06. The fourth-order valence-electron chi connectivity index (χ4n) is 1.62. The molecule has 1 aromatic heterocycles. The largest absolute Gasteiger partial charge is 0.261 e. The summed E-state index contributed by atoms with van der Waals surface area (Å²) >= 11 is 0. The second-order valence-electron chi connectivity index (χ2n) is 3.51. The molecule has 0 aliphatic carbocycles. The maximum atomic E-state index is 4.37. The summed E-state index contributed by atoms with van der Waals surface area (Å²) in [7, 11) is 0. The lowest BCUT2D eigenvalue weighted by atomic mass is 9.90. The van der Waals surface area contributed by atoms with E-state index in [1.807, 2.05) is 12.3 Å². The van der Waals surface area contributed by atoms with Crippen molar-refractivity contribution >= 4 is 0 Å². The molecule has 1 rings (SSSR count). The van der Waals surface area contributed by atoms with Gasteiger partial charge >= 0.3 is 0 Å². The number of pyridine rings is 1. The lowest BCUT2D eigenvalue weighted by molar-refractivity contribution is 0.475. The number of hydrogen-bond acceptors (Lipinski definition) is 1. The van der Waals surface area contributed by atoms with Gasteiger partial charge in [0.2, 0.25) is 0 Å². The first-order valence-electron chi connectivity index (χ1n) is 4.66. The van der Waals surface area contributed by atoms with Crippen LogP contribution in [-0.4, -0.2) is 4.98 Å². The average molecular weight is 163 g/mol. The quantitative estimate of drug-likeness (QED) is 0.666. The molecule has 0 saturated heterocycles. The molecule has 1 unspecified atom stereocenters. The molecule has 0 bridgehead atoms. The summed E-state index contributed by atoms with van der Waals surface area (Å²) in [5.74, 6) is 1.30. The Labute approximate surface area is 74.8 Å². The highest BCUT2D eigenvalue weighted by atomic mass is 14.7. The maximum absolute atomic E-state index is 4.37. The van der Waals surface area contributed by atoms with Crippen LogP contribution < -0.4 is 0 Å². The van der Waals surface area contributed by atoms with Crippen LogP contribution in [0, 0.1) is 5.92 Å². The van der Waals surface area contributed by atoms with E-state index < -0.39 is 0 Å². The van der Waals surface area contributed by atoms with Crippen LogP contribution in [0.3, 0.4) is 0 Å². The molecule has 66 valence electrons. The van der Waals surface area contributed by atoms with E-state index in [1.165, 1.54) is 12.1 Å². The first kappa shape index (κ1) is 9.24. The molecular weight excluding hydrogens is 146 g/mol. The molecule has 0 radical (unpaired) electrons. The van der Waals surface area contributed by atoms with E-state index in [0.29, 0.717) is 11.8 Å². The van der Waals surface area contributed by atoms with Crippen LogP contribution in [0.2, 0.25) is 0 Å². The van der Waals surface area contributed by atoms with Gasteiger partial charge < -0.3 is 0 Å². The van der Waals surface area contributed by atoms with Crippen LogP contribution in [0.1, 0.15) is 38.8 Å². The fourth-order valence-corrected chi connectivity index (χ4v) is 1.62. The third kappa shape index (κ3) is 2.07. The van der Waals surface area contributed by atoms with Crippen LogP contribution in [0.5, 0.6) is 0 Å². The summed E-state index contributed by atoms with van der Waals surface area (Å²) in [6.07, 6.45) is 3.05. The first-order chi connectivity index (χ1) is 5.75. The van der Waals surface area contributed by atoms with Gasteiger partial charge in [-0.15, -0.1) is 0 Å². The molecule has 0 spiro atoms. The van der Waals surface area contributed by atoms with Gasteiger partial charge in [0, 0.05) is 17.8 Å². The smallest absolute Gasteiger partial charge is 0.0436 e. The SMILES string of the molecule is CCC(c1ccccn1)C(C)C. The molecule has 0 fully saturated rings. The molecule has 0 aliphatic heterocycles. The molecular formula is C11H17N. The van der Waals surface area contributed by atoms with Gasteiger partial charge in [-0.2, -0.15) is 0 Å². The molecule has 0 saturated carbocycles. The van der Waals surface area contributed by atoms with Crippen LogP contribution in [0.4, 0.5) is 0 Å². The molecule has 0 N–H and O–H groups in total. The van der Waals surface area contributed by atoms with Gasteiger partial charge in [-0.25, -0.2) is 0 Å². The summed E-state index contributed by atoms with van der Waals surface area (Å²) in [6.45, 7) is 6.73. The van der Waals surface area contributed by atoms with Gasteiger partial charge in [0.15, 0.2) is 0 Å². The van der Waals surface area contributed by atoms with Gasteiger partial charge in [-0.1, -0.05) is 26.8 Å². The molecule has 12 heavy (non-hydrogen) atoms. The molecule has 1 aromatic rings. The van der Waals surface area contributed by atoms with E-state index in [1.54, 1.807) is 0 Å². The second-order valence-corrected chi connectivity index (χ2v) is 3.51. The van der Waals surface area contributed by atoms with Crippen molar-refractivity contribution in [1.29, 1.82) is 0 Å². The number of aromatic nitrogens is 1. The predicted octanol–water partition coefficient (Wildman–Crippen LogP) is 3.23. The van der Waals surface area contributed by atoms with Crippen LogP contribution in [0.25, 0.3) is 0 Å². The lowest BCUT2D eigenvalue weighted by Gasteiger charge is -2.17. The third-order valence-corrected chi connectivity index (χ3v) is 2.31. The van der Waals surface area contributed by atoms with Crippen molar-refractivity contribution < 1.29 is 0 Å². The Hall–Kier alpha value is -0.850. The maximum Gasteiger partial charge on any atom is 0.0436 e. The predicted molar refractivity (Wildman–Crippen MR) is 52.1 cm³/mol. The van der Waals surface area contributed by atoms with E-state index in [2.05, 4.69) is 37.9 Å². The fraction of sp³-hybridized carbons (Fsp3) is 0.545. The van der Waals surface area contributed by atoms with E-state index in [0.717, 1.165) is 0 Å². The third-order valence-electron chi connectivity index (χ3n) is 2.31. The summed E-state index contributed by atoms with van der Waals surface area (Å²) in [6, 6.07) is 6.15. The molecule has 1 heterocycles. The molecule has 1 heteroatoms. The first-order valence-corrected chi connectivity index (χ1v) is 4.66. The number of hydrogen-bond donors (Lipinski definition) is 0. The van der Waals surface area contributed by atoms with Gasteiger partial charge in [-0.3, -0.25) is 4.98 Å². The van der Waals surface area contributed by atoms with Crippen molar-refractivity contribution in [1.82, 2.24) is 4.98 Å². The minimum atomic E-state index is 0.617. The summed E-state index contributed by atoms with van der Waals surface area (Å²) in [4.78, 5) is 4.37. The zero-order valence-corrected chi connectivity index (χ0v) is 8.12. The van der Waals surface area contributed by atoms with Crippen molar-refractivity contribution in [3.63, 3.8) is 0 Å². The molecule has 0 amide bonds. The zero-order chi connectivity index (χ0) is 8.97. The van der Waals surface area contributed by atoms with E-state index in [9.17, 15) is 0 Å². The van der Waals surface area contributed by atoms with Crippen LogP contribution >= 0.6 is 0 Å². The Balaban J connectivity index is 2.80. The highest BCUT2D eigenvalue weighted by molar-refractivity contribution is 5.09. The summed E-state index contributed by atoms with van der Waals surface area (Å²) in [5.41, 5.74) is 1.23. The Morgan fingerprint density at radius 1 is 1.33 bits per heavy atom. The van der Waals surface area contributed by atoms with Crippen molar-refractivity contribution in [3.05, 3.63) is 30.1 Å². The average Bonchev–Trinajstić information content (AvgIpc) is 2.07. The highest BCUT2D eigenvalue weighted by Crippen LogP contribution is 2.25. The number of rotatable bonds is 3. The van der Waals surface area contributed by atoms with Crippen LogP contribution in [0.15, 0.2) is 24.4 Å². The number of nitrogens with zero attached hydrogens (tertiary/aromatic N) is 1. The molecule has 0 aliphatic rings. The van der Waals surface area contributed by atoms with Crippen molar-refractivity contribution in [3.8, 4) is 0 Å². The van der Waals surface area contributed by atoms with Crippen molar-refractivity contribution in [2.75, 3.05) is 0 Å². The van der Waals surface area contributed by atoms with E-state index >= 15 is 0 Å². The van der Waals surface area contributed by atoms with Crippen LogP contribution in [-0.2, 0) is 0 Å². The minimum absolute atomic E-state index is 0.617. The topological polar surface area (TPSA) is 12.9 Å². The van der Waals surface area contributed by atoms with Gasteiger partial charge in [0.1, 0.15) is 0 Å². The Morgan fingerprint density at radius 3 is 2.50 bits per heavy atom. The van der Waals surface area contributed by atoms with Crippen molar-refractivity contribution in [2.24, 2.45) is 5.92 Å². The second kappa shape index (κ2) is 4.24.